The quantitative estimate of drug-likeness (QED) is 0.854. The van der Waals surface area contributed by atoms with E-state index in [4.69, 9.17) is 5.73 Å². The average molecular weight is 242 g/mol. The van der Waals surface area contributed by atoms with Crippen molar-refractivity contribution in [1.29, 1.82) is 0 Å². The number of fused-ring (bicyclic) bond motifs is 1. The van der Waals surface area contributed by atoms with Gasteiger partial charge < -0.3 is 11.1 Å². The number of rotatable bonds is 3. The lowest BCUT2D eigenvalue weighted by Gasteiger charge is -2.10. The molecule has 4 heteroatoms. The Hall–Kier alpha value is -2.36. The molecule has 0 radical (unpaired) electrons. The van der Waals surface area contributed by atoms with Crippen molar-refractivity contribution in [3.8, 4) is 0 Å². The summed E-state index contributed by atoms with van der Waals surface area (Å²) >= 11 is 0. The fraction of sp³-hybridized carbons (Fsp3) is 0.143. The normalized spacial score (nSPS) is 12.1. The summed E-state index contributed by atoms with van der Waals surface area (Å²) < 4.78 is 0. The maximum absolute atomic E-state index is 11.9. The largest absolute Gasteiger partial charge is 0.368 e. The molecule has 0 aromatic heterocycles. The molecule has 0 aliphatic rings. The van der Waals surface area contributed by atoms with Gasteiger partial charge in [0.25, 0.3) is 5.91 Å². The lowest BCUT2D eigenvalue weighted by atomic mass is 10.1. The minimum Gasteiger partial charge on any atom is -0.368 e. The van der Waals surface area contributed by atoms with Crippen LogP contribution in [0.1, 0.15) is 17.3 Å². The van der Waals surface area contributed by atoms with Crippen LogP contribution in [0, 0.1) is 0 Å². The first-order chi connectivity index (χ1) is 8.58. The standard InChI is InChI=1S/C14H14N2O2/c1-9(13(15)17)16-14(18)12-7-6-10-4-2-3-5-11(10)8-12/h2-9H,1H3,(H2,15,17)(H,16,18)/t9-/m1/s1. The Morgan fingerprint density at radius 2 is 1.78 bits per heavy atom. The number of hydrogen-bond acceptors (Lipinski definition) is 2. The van der Waals surface area contributed by atoms with Crippen molar-refractivity contribution < 1.29 is 9.59 Å². The zero-order valence-corrected chi connectivity index (χ0v) is 10.0. The van der Waals surface area contributed by atoms with E-state index in [1.807, 2.05) is 30.3 Å². The molecule has 0 saturated carbocycles. The van der Waals surface area contributed by atoms with Crippen LogP contribution in [0.15, 0.2) is 42.5 Å². The summed E-state index contributed by atoms with van der Waals surface area (Å²) in [6.45, 7) is 1.56. The first kappa shape index (κ1) is 12.1. The number of hydrogen-bond donors (Lipinski definition) is 2. The molecular weight excluding hydrogens is 228 g/mol. The Bertz CT molecular complexity index is 608. The summed E-state index contributed by atoms with van der Waals surface area (Å²) in [5.74, 6) is -0.851. The van der Waals surface area contributed by atoms with Crippen LogP contribution in [-0.4, -0.2) is 17.9 Å². The Morgan fingerprint density at radius 3 is 2.44 bits per heavy atom. The van der Waals surface area contributed by atoms with Crippen LogP contribution in [0.25, 0.3) is 10.8 Å². The molecule has 0 spiro atoms. The molecular formula is C14H14N2O2. The predicted octanol–water partition coefficient (Wildman–Crippen LogP) is 1.44. The van der Waals surface area contributed by atoms with Gasteiger partial charge in [0.05, 0.1) is 0 Å². The molecule has 0 bridgehead atoms. The summed E-state index contributed by atoms with van der Waals surface area (Å²) in [5.41, 5.74) is 5.61. The lowest BCUT2D eigenvalue weighted by molar-refractivity contribution is -0.119. The molecule has 2 rings (SSSR count). The van der Waals surface area contributed by atoms with E-state index in [0.717, 1.165) is 10.8 Å². The number of carbonyl (C=O) groups is 2. The van der Waals surface area contributed by atoms with Crippen LogP contribution in [-0.2, 0) is 4.79 Å². The Morgan fingerprint density at radius 1 is 1.11 bits per heavy atom. The van der Waals surface area contributed by atoms with Gasteiger partial charge in [0.2, 0.25) is 5.91 Å². The van der Waals surface area contributed by atoms with Crippen molar-refractivity contribution in [2.24, 2.45) is 5.73 Å². The van der Waals surface area contributed by atoms with Gasteiger partial charge in [-0.15, -0.1) is 0 Å². The van der Waals surface area contributed by atoms with Gasteiger partial charge in [-0.2, -0.15) is 0 Å². The summed E-state index contributed by atoms with van der Waals surface area (Å²) in [5, 5.41) is 4.60. The molecule has 2 amide bonds. The Labute approximate surface area is 105 Å². The van der Waals surface area contributed by atoms with Crippen LogP contribution in [0.3, 0.4) is 0 Å². The number of amides is 2. The van der Waals surface area contributed by atoms with E-state index in [2.05, 4.69) is 5.32 Å². The SMILES string of the molecule is C[C@@H](NC(=O)c1ccc2ccccc2c1)C(N)=O. The van der Waals surface area contributed by atoms with E-state index in [1.165, 1.54) is 0 Å². The van der Waals surface area contributed by atoms with Crippen LogP contribution in [0.4, 0.5) is 0 Å². The molecule has 1 atom stereocenters. The van der Waals surface area contributed by atoms with E-state index < -0.39 is 11.9 Å². The molecule has 0 unspecified atom stereocenters. The highest BCUT2D eigenvalue weighted by atomic mass is 16.2. The van der Waals surface area contributed by atoms with Crippen molar-refractivity contribution in [2.45, 2.75) is 13.0 Å². The van der Waals surface area contributed by atoms with Crippen LogP contribution < -0.4 is 11.1 Å². The van der Waals surface area contributed by atoms with Gasteiger partial charge in [-0.05, 0) is 29.8 Å². The molecule has 0 saturated heterocycles. The average Bonchev–Trinajstić information content (AvgIpc) is 2.37. The highest BCUT2D eigenvalue weighted by Crippen LogP contribution is 2.15. The second kappa shape index (κ2) is 4.87. The Kier molecular flexibility index (Phi) is 3.28. The number of nitrogens with two attached hydrogens (primary N) is 1. The second-order valence-electron chi connectivity index (χ2n) is 4.16. The third-order valence-corrected chi connectivity index (χ3v) is 2.79. The molecule has 0 heterocycles. The van der Waals surface area contributed by atoms with E-state index >= 15 is 0 Å². The molecule has 0 fully saturated rings. The topological polar surface area (TPSA) is 72.2 Å². The van der Waals surface area contributed by atoms with Crippen LogP contribution in [0.5, 0.6) is 0 Å². The molecule has 3 N–H and O–H groups in total. The van der Waals surface area contributed by atoms with Crippen molar-refractivity contribution >= 4 is 22.6 Å². The number of nitrogens with one attached hydrogen (secondary N) is 1. The molecule has 2 aromatic rings. The van der Waals surface area contributed by atoms with Gasteiger partial charge >= 0.3 is 0 Å². The fourth-order valence-corrected chi connectivity index (χ4v) is 1.68. The van der Waals surface area contributed by atoms with E-state index in [1.54, 1.807) is 19.1 Å². The molecule has 0 aliphatic heterocycles. The zero-order valence-electron chi connectivity index (χ0n) is 10.0. The van der Waals surface area contributed by atoms with Gasteiger partial charge in [0, 0.05) is 5.56 Å². The van der Waals surface area contributed by atoms with E-state index in [0.29, 0.717) is 5.56 Å². The van der Waals surface area contributed by atoms with Gasteiger partial charge in [-0.25, -0.2) is 0 Å². The molecule has 0 aliphatic carbocycles. The smallest absolute Gasteiger partial charge is 0.251 e. The molecule has 2 aromatic carbocycles. The summed E-state index contributed by atoms with van der Waals surface area (Å²) in [4.78, 5) is 22.8. The first-order valence-electron chi connectivity index (χ1n) is 5.67. The zero-order chi connectivity index (χ0) is 13.1. The monoisotopic (exact) mass is 242 g/mol. The predicted molar refractivity (Wildman–Crippen MR) is 70.1 cm³/mol. The number of carbonyl (C=O) groups excluding carboxylic acids is 2. The Balaban J connectivity index is 2.25. The van der Waals surface area contributed by atoms with Crippen molar-refractivity contribution in [2.75, 3.05) is 0 Å². The van der Waals surface area contributed by atoms with Crippen LogP contribution >= 0.6 is 0 Å². The van der Waals surface area contributed by atoms with E-state index in [-0.39, 0.29) is 5.91 Å². The van der Waals surface area contributed by atoms with Crippen molar-refractivity contribution in [1.82, 2.24) is 5.32 Å². The van der Waals surface area contributed by atoms with Crippen molar-refractivity contribution in [3.63, 3.8) is 0 Å². The van der Waals surface area contributed by atoms with Gasteiger partial charge in [-0.3, -0.25) is 9.59 Å². The highest BCUT2D eigenvalue weighted by Gasteiger charge is 2.13. The summed E-state index contributed by atoms with van der Waals surface area (Å²) in [6.07, 6.45) is 0. The molecule has 18 heavy (non-hydrogen) atoms. The van der Waals surface area contributed by atoms with Gasteiger partial charge in [-0.1, -0.05) is 30.3 Å². The maximum Gasteiger partial charge on any atom is 0.251 e. The van der Waals surface area contributed by atoms with Crippen molar-refractivity contribution in [3.05, 3.63) is 48.0 Å². The third-order valence-electron chi connectivity index (χ3n) is 2.79. The number of primary amides is 1. The maximum atomic E-state index is 11.9. The second-order valence-corrected chi connectivity index (χ2v) is 4.16. The highest BCUT2D eigenvalue weighted by molar-refractivity contribution is 6.00. The lowest BCUT2D eigenvalue weighted by Crippen LogP contribution is -2.42. The third kappa shape index (κ3) is 2.48. The first-order valence-corrected chi connectivity index (χ1v) is 5.67. The number of benzene rings is 2. The summed E-state index contributed by atoms with van der Waals surface area (Å²) in [6, 6.07) is 12.5. The minimum absolute atomic E-state index is 0.299. The molecule has 92 valence electrons. The van der Waals surface area contributed by atoms with Gasteiger partial charge in [0.15, 0.2) is 0 Å². The minimum atomic E-state index is -0.677. The molecule has 4 nitrogen and oxygen atoms in total. The van der Waals surface area contributed by atoms with Crippen LogP contribution in [0.2, 0.25) is 0 Å². The summed E-state index contributed by atoms with van der Waals surface area (Å²) in [7, 11) is 0. The van der Waals surface area contributed by atoms with Gasteiger partial charge in [0.1, 0.15) is 6.04 Å². The van der Waals surface area contributed by atoms with E-state index in [9.17, 15) is 9.59 Å². The fourth-order valence-electron chi connectivity index (χ4n) is 1.68.